The minimum absolute atomic E-state index is 0.0145. The molecule has 0 saturated heterocycles. The summed E-state index contributed by atoms with van der Waals surface area (Å²) in [4.78, 5) is 23.4. The number of aromatic nitrogens is 3. The van der Waals surface area contributed by atoms with Crippen molar-refractivity contribution in [1.82, 2.24) is 15.0 Å². The monoisotopic (exact) mass is 365 g/mol. The lowest BCUT2D eigenvalue weighted by atomic mass is 10.2. The van der Waals surface area contributed by atoms with Crippen LogP contribution in [0.5, 0.6) is 0 Å². The first-order chi connectivity index (χ1) is 10.4. The van der Waals surface area contributed by atoms with Gasteiger partial charge in [0, 0.05) is 16.1 Å². The number of anilines is 2. The van der Waals surface area contributed by atoms with Crippen LogP contribution in [0, 0.1) is 5.92 Å². The highest BCUT2D eigenvalue weighted by Crippen LogP contribution is 2.14. The van der Waals surface area contributed by atoms with Gasteiger partial charge in [-0.05, 0) is 24.3 Å². The van der Waals surface area contributed by atoms with Gasteiger partial charge in [-0.1, -0.05) is 35.0 Å². The predicted octanol–water partition coefficient (Wildman–Crippen LogP) is 2.27. The molecule has 0 radical (unpaired) electrons. The highest BCUT2D eigenvalue weighted by molar-refractivity contribution is 9.10. The van der Waals surface area contributed by atoms with E-state index >= 15 is 0 Å². The number of benzene rings is 1. The van der Waals surface area contributed by atoms with Crippen molar-refractivity contribution < 1.29 is 9.59 Å². The quantitative estimate of drug-likeness (QED) is 0.850. The number of carbonyl (C=O) groups is 2. The molecule has 0 unspecified atom stereocenters. The Morgan fingerprint density at radius 3 is 2.55 bits per heavy atom. The van der Waals surface area contributed by atoms with Gasteiger partial charge in [-0.15, -0.1) is 5.10 Å². The largest absolute Gasteiger partial charge is 0.324 e. The topological polar surface area (TPSA) is 88.9 Å². The van der Waals surface area contributed by atoms with Crippen molar-refractivity contribution in [2.45, 2.75) is 20.4 Å². The zero-order valence-electron chi connectivity index (χ0n) is 12.2. The number of nitrogens with one attached hydrogen (secondary N) is 2. The molecule has 2 N–H and O–H groups in total. The van der Waals surface area contributed by atoms with E-state index in [1.165, 1.54) is 10.9 Å². The lowest BCUT2D eigenvalue weighted by Crippen LogP contribution is -2.19. The second kappa shape index (κ2) is 7.17. The molecule has 0 fully saturated rings. The maximum Gasteiger partial charge on any atom is 0.246 e. The number of halogens is 1. The minimum Gasteiger partial charge on any atom is -0.324 e. The Balaban J connectivity index is 1.90. The van der Waals surface area contributed by atoms with Gasteiger partial charge in [0.25, 0.3) is 0 Å². The number of carbonyl (C=O) groups excluding carboxylic acids is 2. The van der Waals surface area contributed by atoms with Gasteiger partial charge in [-0.2, -0.15) is 0 Å². The van der Waals surface area contributed by atoms with E-state index < -0.39 is 0 Å². The highest BCUT2D eigenvalue weighted by atomic mass is 79.9. The van der Waals surface area contributed by atoms with E-state index in [1.54, 1.807) is 26.0 Å². The van der Waals surface area contributed by atoms with Crippen molar-refractivity contribution in [1.29, 1.82) is 0 Å². The summed E-state index contributed by atoms with van der Waals surface area (Å²) in [6, 6.07) is 7.25. The fourth-order valence-electron chi connectivity index (χ4n) is 1.58. The fourth-order valence-corrected chi connectivity index (χ4v) is 1.85. The third-order valence-electron chi connectivity index (χ3n) is 2.75. The molecule has 0 bridgehead atoms. The maximum absolute atomic E-state index is 11.9. The Labute approximate surface area is 136 Å². The van der Waals surface area contributed by atoms with Crippen molar-refractivity contribution in [2.24, 2.45) is 5.92 Å². The third-order valence-corrected chi connectivity index (χ3v) is 3.28. The third kappa shape index (κ3) is 4.66. The maximum atomic E-state index is 11.9. The number of rotatable bonds is 5. The number of amides is 2. The van der Waals surface area contributed by atoms with Gasteiger partial charge in [0.2, 0.25) is 11.8 Å². The van der Waals surface area contributed by atoms with E-state index in [4.69, 9.17) is 0 Å². The second-order valence-corrected chi connectivity index (χ2v) is 5.92. The smallest absolute Gasteiger partial charge is 0.246 e. The van der Waals surface area contributed by atoms with Crippen LogP contribution in [0.15, 0.2) is 34.9 Å². The van der Waals surface area contributed by atoms with Crippen LogP contribution in [0.4, 0.5) is 11.5 Å². The summed E-state index contributed by atoms with van der Waals surface area (Å²) >= 11 is 3.33. The zero-order chi connectivity index (χ0) is 16.1. The Morgan fingerprint density at radius 1 is 1.23 bits per heavy atom. The van der Waals surface area contributed by atoms with E-state index in [0.29, 0.717) is 11.5 Å². The molecule has 1 aromatic carbocycles. The summed E-state index contributed by atoms with van der Waals surface area (Å²) in [6.07, 6.45) is 1.52. The first-order valence-corrected chi connectivity index (χ1v) is 7.50. The predicted molar refractivity (Wildman–Crippen MR) is 86.3 cm³/mol. The Kier molecular flexibility index (Phi) is 5.26. The molecular formula is C14H16BrN5O2. The Morgan fingerprint density at radius 2 is 1.91 bits per heavy atom. The van der Waals surface area contributed by atoms with Gasteiger partial charge in [-0.3, -0.25) is 9.59 Å². The lowest BCUT2D eigenvalue weighted by molar-refractivity contribution is -0.119. The van der Waals surface area contributed by atoms with E-state index in [2.05, 4.69) is 36.9 Å². The summed E-state index contributed by atoms with van der Waals surface area (Å²) in [7, 11) is 0. The molecule has 7 nitrogen and oxygen atoms in total. The molecule has 22 heavy (non-hydrogen) atoms. The van der Waals surface area contributed by atoms with Crippen molar-refractivity contribution in [3.63, 3.8) is 0 Å². The van der Waals surface area contributed by atoms with E-state index in [1.807, 2.05) is 12.1 Å². The number of hydrogen-bond acceptors (Lipinski definition) is 4. The van der Waals surface area contributed by atoms with Crippen LogP contribution >= 0.6 is 15.9 Å². The molecule has 0 aliphatic rings. The average Bonchev–Trinajstić information content (AvgIpc) is 2.88. The van der Waals surface area contributed by atoms with Crippen LogP contribution in [0.25, 0.3) is 0 Å². The van der Waals surface area contributed by atoms with Crippen molar-refractivity contribution in [3.8, 4) is 0 Å². The van der Waals surface area contributed by atoms with E-state index in [0.717, 1.165) is 4.47 Å². The van der Waals surface area contributed by atoms with Gasteiger partial charge in [0.1, 0.15) is 6.54 Å². The van der Waals surface area contributed by atoms with Crippen LogP contribution in [-0.2, 0) is 16.1 Å². The molecular weight excluding hydrogens is 350 g/mol. The fraction of sp³-hybridized carbons (Fsp3) is 0.286. The van der Waals surface area contributed by atoms with Crippen molar-refractivity contribution in [2.75, 3.05) is 10.6 Å². The highest BCUT2D eigenvalue weighted by Gasteiger charge is 2.11. The summed E-state index contributed by atoms with van der Waals surface area (Å²) in [5, 5.41) is 13.0. The molecule has 1 heterocycles. The van der Waals surface area contributed by atoms with Crippen molar-refractivity contribution in [3.05, 3.63) is 34.9 Å². The minimum atomic E-state index is -0.228. The Hall–Kier alpha value is -2.22. The summed E-state index contributed by atoms with van der Waals surface area (Å²) in [5.41, 5.74) is 0.696. The molecule has 2 amide bonds. The average molecular weight is 366 g/mol. The second-order valence-electron chi connectivity index (χ2n) is 5.00. The van der Waals surface area contributed by atoms with Gasteiger partial charge in [0.05, 0.1) is 6.20 Å². The molecule has 1 aromatic heterocycles. The molecule has 0 aliphatic carbocycles. The molecule has 2 rings (SSSR count). The van der Waals surface area contributed by atoms with Crippen LogP contribution in [0.3, 0.4) is 0 Å². The SMILES string of the molecule is CC(C)C(=O)Nc1cn(CC(=O)Nc2ccc(Br)cc2)nn1. The van der Waals surface area contributed by atoms with Gasteiger partial charge >= 0.3 is 0 Å². The first-order valence-electron chi connectivity index (χ1n) is 6.70. The van der Waals surface area contributed by atoms with Crippen LogP contribution in [0.2, 0.25) is 0 Å². The summed E-state index contributed by atoms with van der Waals surface area (Å²) in [6.45, 7) is 3.58. The summed E-state index contributed by atoms with van der Waals surface area (Å²) in [5.74, 6) is -0.193. The van der Waals surface area contributed by atoms with Gasteiger partial charge in [0.15, 0.2) is 5.82 Å². The first kappa shape index (κ1) is 16.2. The number of hydrogen-bond donors (Lipinski definition) is 2. The Bertz CT molecular complexity index is 666. The zero-order valence-corrected chi connectivity index (χ0v) is 13.8. The van der Waals surface area contributed by atoms with Crippen molar-refractivity contribution >= 4 is 39.2 Å². The van der Waals surface area contributed by atoms with Crippen LogP contribution < -0.4 is 10.6 Å². The molecule has 0 atom stereocenters. The van der Waals surface area contributed by atoms with Crippen LogP contribution in [0.1, 0.15) is 13.8 Å². The normalized spacial score (nSPS) is 10.5. The molecule has 8 heteroatoms. The summed E-state index contributed by atoms with van der Waals surface area (Å²) < 4.78 is 2.30. The molecule has 116 valence electrons. The molecule has 0 aliphatic heterocycles. The van der Waals surface area contributed by atoms with Crippen LogP contribution in [-0.4, -0.2) is 26.8 Å². The standard InChI is InChI=1S/C14H16BrN5O2/c1-9(2)14(22)17-12-7-20(19-18-12)8-13(21)16-11-5-3-10(15)4-6-11/h3-7,9H,8H2,1-2H3,(H,16,21)(H,17,22). The molecule has 0 saturated carbocycles. The number of nitrogens with zero attached hydrogens (tertiary/aromatic N) is 3. The molecule has 2 aromatic rings. The van der Waals surface area contributed by atoms with Gasteiger partial charge in [-0.25, -0.2) is 4.68 Å². The van der Waals surface area contributed by atoms with E-state index in [9.17, 15) is 9.59 Å². The van der Waals surface area contributed by atoms with Gasteiger partial charge < -0.3 is 10.6 Å². The lowest BCUT2D eigenvalue weighted by Gasteiger charge is -2.05. The molecule has 0 spiro atoms. The van der Waals surface area contributed by atoms with E-state index in [-0.39, 0.29) is 24.3 Å².